The highest BCUT2D eigenvalue weighted by molar-refractivity contribution is 5.77. The summed E-state index contributed by atoms with van der Waals surface area (Å²) in [6.45, 7) is 6.35. The van der Waals surface area contributed by atoms with Gasteiger partial charge in [-0.15, -0.1) is 0 Å². The molecule has 3 atom stereocenters. The molecule has 6 nitrogen and oxygen atoms in total. The molecule has 1 amide bonds. The van der Waals surface area contributed by atoms with Crippen molar-refractivity contribution in [3.8, 4) is 0 Å². The van der Waals surface area contributed by atoms with Gasteiger partial charge in [0.1, 0.15) is 6.10 Å². The van der Waals surface area contributed by atoms with Gasteiger partial charge in [-0.3, -0.25) is 9.59 Å². The maximum atomic E-state index is 13.3. The first-order chi connectivity index (χ1) is 33.0. The van der Waals surface area contributed by atoms with Crippen LogP contribution in [0.4, 0.5) is 0 Å². The summed E-state index contributed by atoms with van der Waals surface area (Å²) in [5.74, 6) is -0.541. The fourth-order valence-electron chi connectivity index (χ4n) is 8.65. The monoisotopic (exact) mass is 936 g/mol. The van der Waals surface area contributed by atoms with E-state index < -0.39 is 18.2 Å². The fraction of sp³-hybridized carbons (Fsp3) is 0.770. The van der Waals surface area contributed by atoms with Gasteiger partial charge in [0, 0.05) is 6.42 Å². The Morgan fingerprint density at radius 1 is 0.448 bits per heavy atom. The molecule has 67 heavy (non-hydrogen) atoms. The summed E-state index contributed by atoms with van der Waals surface area (Å²) in [5, 5.41) is 23.9. The zero-order valence-electron chi connectivity index (χ0n) is 44.3. The minimum Gasteiger partial charge on any atom is -0.462 e. The number of hydrogen-bond acceptors (Lipinski definition) is 5. The summed E-state index contributed by atoms with van der Waals surface area (Å²) >= 11 is 0. The van der Waals surface area contributed by atoms with E-state index >= 15 is 0 Å². The lowest BCUT2D eigenvalue weighted by Crippen LogP contribution is -2.46. The summed E-state index contributed by atoms with van der Waals surface area (Å²) < 4.78 is 5.92. The molecule has 0 fully saturated rings. The van der Waals surface area contributed by atoms with Crippen LogP contribution < -0.4 is 5.32 Å². The fourth-order valence-corrected chi connectivity index (χ4v) is 8.65. The lowest BCUT2D eigenvalue weighted by Gasteiger charge is -2.24. The van der Waals surface area contributed by atoms with Crippen molar-refractivity contribution < 1.29 is 24.5 Å². The molecule has 0 spiro atoms. The third-order valence-electron chi connectivity index (χ3n) is 13.0. The molecular weight excluding hydrogens is 827 g/mol. The van der Waals surface area contributed by atoms with Crippen molar-refractivity contribution in [1.82, 2.24) is 5.32 Å². The molecule has 6 heteroatoms. The maximum Gasteiger partial charge on any atom is 0.306 e. The van der Waals surface area contributed by atoms with E-state index in [1.54, 1.807) is 0 Å². The molecule has 3 N–H and O–H groups in total. The Morgan fingerprint density at radius 2 is 0.806 bits per heavy atom. The number of unbranched alkanes of at least 4 members (excludes halogenated alkanes) is 32. The van der Waals surface area contributed by atoms with Crippen molar-refractivity contribution in [1.29, 1.82) is 0 Å². The highest BCUT2D eigenvalue weighted by Crippen LogP contribution is 2.18. The second-order valence-electron chi connectivity index (χ2n) is 19.5. The van der Waals surface area contributed by atoms with Crippen LogP contribution >= 0.6 is 0 Å². The van der Waals surface area contributed by atoms with Gasteiger partial charge >= 0.3 is 5.97 Å². The molecule has 0 saturated heterocycles. The van der Waals surface area contributed by atoms with Crippen molar-refractivity contribution in [3.63, 3.8) is 0 Å². The predicted molar refractivity (Wildman–Crippen MR) is 291 cm³/mol. The Morgan fingerprint density at radius 3 is 1.19 bits per heavy atom. The Hall–Kier alpha value is -2.70. The zero-order chi connectivity index (χ0) is 48.8. The molecule has 388 valence electrons. The smallest absolute Gasteiger partial charge is 0.306 e. The molecule has 0 radical (unpaired) electrons. The number of hydrogen-bond donors (Lipinski definition) is 3. The average Bonchev–Trinajstić information content (AvgIpc) is 3.32. The van der Waals surface area contributed by atoms with Crippen LogP contribution in [0.5, 0.6) is 0 Å². The van der Waals surface area contributed by atoms with Crippen molar-refractivity contribution in [2.24, 2.45) is 0 Å². The Balaban J connectivity index is 4.63. The number of nitrogens with one attached hydrogen (secondary N) is 1. The molecule has 0 aromatic heterocycles. The highest BCUT2D eigenvalue weighted by atomic mass is 16.5. The van der Waals surface area contributed by atoms with Gasteiger partial charge in [0.05, 0.1) is 25.2 Å². The normalized spacial score (nSPS) is 13.7. The van der Waals surface area contributed by atoms with Gasteiger partial charge in [-0.05, 0) is 38.5 Å². The standard InChI is InChI=1S/C61H109NO5/c1-4-7-10-13-16-19-22-25-28-30-32-35-38-41-44-47-50-53-59(64)58(56-63)62-60(65)55-57(52-49-46-43-40-37-34-31-27-24-21-18-15-12-9-6-3)67-61(66)54-51-48-45-42-39-36-33-29-26-23-20-17-14-11-8-5-2/h9,12,15,18,21,24,27,31,34,37,40,43,57-59,63-64H,4-8,10-11,13-14,16-17,19-20,22-23,25-26,28-30,32-33,35-36,38-39,41-42,44-56H2,1-3H3,(H,62,65)/b12-9-,18-15+,24-21+,31-27-,37-34+,43-40+. The van der Waals surface area contributed by atoms with Crippen LogP contribution in [0.3, 0.4) is 0 Å². The van der Waals surface area contributed by atoms with Gasteiger partial charge in [-0.1, -0.05) is 299 Å². The first-order valence-electron chi connectivity index (χ1n) is 28.7. The zero-order valence-corrected chi connectivity index (χ0v) is 44.3. The van der Waals surface area contributed by atoms with E-state index in [0.717, 1.165) is 57.8 Å². The third kappa shape index (κ3) is 49.5. The van der Waals surface area contributed by atoms with Gasteiger partial charge in [0.15, 0.2) is 0 Å². The van der Waals surface area contributed by atoms with Crippen LogP contribution in [-0.2, 0) is 14.3 Å². The van der Waals surface area contributed by atoms with Gasteiger partial charge in [0.25, 0.3) is 0 Å². The van der Waals surface area contributed by atoms with E-state index in [2.05, 4.69) is 38.2 Å². The summed E-state index contributed by atoms with van der Waals surface area (Å²) in [6, 6.07) is -0.728. The summed E-state index contributed by atoms with van der Waals surface area (Å²) in [5.41, 5.74) is 0. The minimum absolute atomic E-state index is 0.0268. The van der Waals surface area contributed by atoms with Gasteiger partial charge < -0.3 is 20.3 Å². The van der Waals surface area contributed by atoms with Crippen LogP contribution in [0.2, 0.25) is 0 Å². The van der Waals surface area contributed by atoms with E-state index in [-0.39, 0.29) is 24.9 Å². The van der Waals surface area contributed by atoms with Gasteiger partial charge in [-0.25, -0.2) is 0 Å². The molecule has 0 saturated carbocycles. The molecule has 3 unspecified atom stereocenters. The maximum absolute atomic E-state index is 13.3. The van der Waals surface area contributed by atoms with Gasteiger partial charge in [0.2, 0.25) is 5.91 Å². The van der Waals surface area contributed by atoms with Crippen LogP contribution in [0, 0.1) is 0 Å². The number of aliphatic hydroxyl groups is 2. The van der Waals surface area contributed by atoms with Crippen molar-refractivity contribution in [2.75, 3.05) is 6.61 Å². The predicted octanol–water partition coefficient (Wildman–Crippen LogP) is 17.7. The van der Waals surface area contributed by atoms with E-state index in [1.165, 1.54) is 173 Å². The molecule has 0 aliphatic rings. The number of carbonyl (C=O) groups is 2. The first-order valence-corrected chi connectivity index (χ1v) is 28.7. The Kier molecular flexibility index (Phi) is 52.1. The third-order valence-corrected chi connectivity index (χ3v) is 13.0. The number of aliphatic hydroxyl groups excluding tert-OH is 2. The summed E-state index contributed by atoms with van der Waals surface area (Å²) in [4.78, 5) is 26.2. The van der Waals surface area contributed by atoms with Gasteiger partial charge in [-0.2, -0.15) is 0 Å². The van der Waals surface area contributed by atoms with Crippen molar-refractivity contribution in [3.05, 3.63) is 72.9 Å². The SMILES string of the molecule is CC\C=C/C=C/C=C/C=C\C=C\C=C\CCCC(CC(=O)NC(CO)C(O)CCCCCCCCCCCCCCCCCCC)OC(=O)CCCCCCCCCCCCCCCCCC. The quantitative estimate of drug-likeness (QED) is 0.0321. The van der Waals surface area contributed by atoms with Crippen molar-refractivity contribution >= 4 is 11.9 Å². The first kappa shape index (κ1) is 64.3. The minimum atomic E-state index is -0.810. The second-order valence-corrected chi connectivity index (χ2v) is 19.5. The Bertz CT molecular complexity index is 1230. The number of ether oxygens (including phenoxy) is 1. The summed E-state index contributed by atoms with van der Waals surface area (Å²) in [7, 11) is 0. The molecule has 0 aliphatic carbocycles. The molecule has 0 heterocycles. The molecule has 0 aromatic carbocycles. The number of rotatable bonds is 51. The summed E-state index contributed by atoms with van der Waals surface area (Å²) in [6.07, 6.45) is 69.7. The lowest BCUT2D eigenvalue weighted by molar-refractivity contribution is -0.151. The van der Waals surface area contributed by atoms with Crippen molar-refractivity contribution in [2.45, 2.75) is 296 Å². The van der Waals surface area contributed by atoms with Crippen LogP contribution in [0.15, 0.2) is 72.9 Å². The molecule has 0 aromatic rings. The second kappa shape index (κ2) is 54.2. The topological polar surface area (TPSA) is 95.9 Å². The van der Waals surface area contributed by atoms with Crippen LogP contribution in [-0.4, -0.2) is 46.9 Å². The number of amides is 1. The molecule has 0 rings (SSSR count). The van der Waals surface area contributed by atoms with E-state index in [4.69, 9.17) is 4.74 Å². The van der Waals surface area contributed by atoms with Crippen LogP contribution in [0.1, 0.15) is 278 Å². The molecule has 0 bridgehead atoms. The van der Waals surface area contributed by atoms with Crippen LogP contribution in [0.25, 0.3) is 0 Å². The van der Waals surface area contributed by atoms with E-state index in [9.17, 15) is 19.8 Å². The lowest BCUT2D eigenvalue weighted by atomic mass is 10.0. The average molecular weight is 937 g/mol. The molecular formula is C61H109NO5. The largest absolute Gasteiger partial charge is 0.462 e. The highest BCUT2D eigenvalue weighted by Gasteiger charge is 2.24. The van der Waals surface area contributed by atoms with E-state index in [0.29, 0.717) is 19.3 Å². The number of esters is 1. The Labute approximate surface area is 415 Å². The number of allylic oxidation sites excluding steroid dienone is 12. The molecule has 0 aliphatic heterocycles. The number of carbonyl (C=O) groups excluding carboxylic acids is 2. The van der Waals surface area contributed by atoms with E-state index in [1.807, 2.05) is 60.8 Å².